The topological polar surface area (TPSA) is 47.3 Å². The molecule has 3 aromatic heterocycles. The molecule has 0 aliphatic rings. The Bertz CT molecular complexity index is 3140. The van der Waals surface area contributed by atoms with Crippen LogP contribution < -0.4 is 4.90 Å². The highest BCUT2D eigenvalue weighted by Crippen LogP contribution is 2.45. The van der Waals surface area contributed by atoms with Gasteiger partial charge in [-0.2, -0.15) is 0 Å². The fraction of sp³-hybridized carbons (Fsp3) is 0. The molecule has 0 atom stereocenters. The number of anilines is 3. The van der Waals surface area contributed by atoms with E-state index in [2.05, 4.69) is 161 Å². The highest BCUT2D eigenvalue weighted by atomic mass is 16.4. The maximum absolute atomic E-state index is 6.46. The van der Waals surface area contributed by atoms with Crippen LogP contribution in [-0.2, 0) is 0 Å². The van der Waals surface area contributed by atoms with E-state index in [9.17, 15) is 0 Å². The molecule has 0 bridgehead atoms. The summed E-state index contributed by atoms with van der Waals surface area (Å²) in [6, 6.07) is 65.8. The average Bonchev–Trinajstić information content (AvgIpc) is 3.93. The Morgan fingerprint density at radius 3 is 1.87 bits per heavy atom. The third-order valence-corrected chi connectivity index (χ3v) is 10.4. The third-order valence-electron chi connectivity index (χ3n) is 10.4. The first-order chi connectivity index (χ1) is 26.8. The number of rotatable bonds is 6. The van der Waals surface area contributed by atoms with Crippen molar-refractivity contribution in [2.75, 3.05) is 4.90 Å². The lowest BCUT2D eigenvalue weighted by atomic mass is 10.0. The van der Waals surface area contributed by atoms with E-state index in [-0.39, 0.29) is 0 Å². The van der Waals surface area contributed by atoms with Crippen molar-refractivity contribution < 1.29 is 8.83 Å². The third kappa shape index (κ3) is 4.83. The van der Waals surface area contributed by atoms with Crippen molar-refractivity contribution in [2.45, 2.75) is 0 Å². The number of benzene rings is 8. The number of aromatic nitrogens is 2. The first-order valence-electron chi connectivity index (χ1n) is 18.1. The SMILES string of the molecule is c1ccc(-c2ccc(N(c3ccc4oc5cc6oc(-c7ccccc7)nc6cc5c4c3)c3cccc4c5ccccc5n(-c5ccccc5)c34)cc2)cc1. The number of furan rings is 1. The van der Waals surface area contributed by atoms with Gasteiger partial charge in [-0.15, -0.1) is 0 Å². The fourth-order valence-electron chi connectivity index (χ4n) is 7.92. The quantitative estimate of drug-likeness (QED) is 0.174. The van der Waals surface area contributed by atoms with E-state index < -0.39 is 0 Å². The molecule has 0 spiro atoms. The molecule has 0 saturated carbocycles. The van der Waals surface area contributed by atoms with Crippen LogP contribution in [0.4, 0.5) is 17.1 Å². The highest BCUT2D eigenvalue weighted by Gasteiger charge is 2.23. The Kier molecular flexibility index (Phi) is 6.79. The van der Waals surface area contributed by atoms with Gasteiger partial charge in [-0.05, 0) is 83.9 Å². The minimum atomic E-state index is 0.593. The van der Waals surface area contributed by atoms with Gasteiger partial charge in [0, 0.05) is 50.2 Å². The Balaban J connectivity index is 1.15. The van der Waals surface area contributed by atoms with Crippen LogP contribution in [0.1, 0.15) is 0 Å². The van der Waals surface area contributed by atoms with Crippen molar-refractivity contribution in [3.05, 3.63) is 188 Å². The first-order valence-corrected chi connectivity index (χ1v) is 18.1. The van der Waals surface area contributed by atoms with Gasteiger partial charge in [-0.25, -0.2) is 4.98 Å². The van der Waals surface area contributed by atoms with E-state index in [1.54, 1.807) is 0 Å². The van der Waals surface area contributed by atoms with Crippen molar-refractivity contribution in [1.82, 2.24) is 9.55 Å². The van der Waals surface area contributed by atoms with Crippen molar-refractivity contribution >= 4 is 71.9 Å². The van der Waals surface area contributed by atoms with Gasteiger partial charge in [0.15, 0.2) is 5.58 Å². The Hall–Kier alpha value is -7.37. The lowest BCUT2D eigenvalue weighted by molar-refractivity contribution is 0.617. The number of para-hydroxylation sites is 3. The van der Waals surface area contributed by atoms with Crippen LogP contribution in [-0.4, -0.2) is 9.55 Å². The van der Waals surface area contributed by atoms with E-state index in [0.29, 0.717) is 11.5 Å². The van der Waals surface area contributed by atoms with Crippen LogP contribution in [0.15, 0.2) is 197 Å². The molecule has 0 amide bonds. The smallest absolute Gasteiger partial charge is 0.227 e. The van der Waals surface area contributed by atoms with E-state index in [1.165, 1.54) is 21.9 Å². The van der Waals surface area contributed by atoms with Gasteiger partial charge in [0.05, 0.1) is 16.7 Å². The number of hydrogen-bond donors (Lipinski definition) is 0. The van der Waals surface area contributed by atoms with E-state index in [0.717, 1.165) is 66.8 Å². The lowest BCUT2D eigenvalue weighted by Crippen LogP contribution is -2.11. The monoisotopic (exact) mass is 693 g/mol. The van der Waals surface area contributed by atoms with Gasteiger partial charge in [-0.1, -0.05) is 109 Å². The van der Waals surface area contributed by atoms with Gasteiger partial charge < -0.3 is 18.3 Å². The molecule has 54 heavy (non-hydrogen) atoms. The normalized spacial score (nSPS) is 11.7. The first kappa shape index (κ1) is 30.3. The summed E-state index contributed by atoms with van der Waals surface area (Å²) in [4.78, 5) is 7.25. The van der Waals surface area contributed by atoms with Crippen molar-refractivity contribution in [3.8, 4) is 28.3 Å². The molecule has 0 radical (unpaired) electrons. The van der Waals surface area contributed by atoms with E-state index in [1.807, 2.05) is 36.4 Å². The highest BCUT2D eigenvalue weighted by molar-refractivity contribution is 6.15. The predicted octanol–water partition coefficient (Wildman–Crippen LogP) is 13.6. The van der Waals surface area contributed by atoms with Crippen LogP contribution in [0.3, 0.4) is 0 Å². The lowest BCUT2D eigenvalue weighted by Gasteiger charge is -2.27. The minimum Gasteiger partial charge on any atom is -0.456 e. The Morgan fingerprint density at radius 2 is 1.07 bits per heavy atom. The summed E-state index contributed by atoms with van der Waals surface area (Å²) < 4.78 is 15.1. The molecule has 11 rings (SSSR count). The maximum Gasteiger partial charge on any atom is 0.227 e. The standard InChI is InChI=1S/C49H31N3O2/c1-4-13-32(14-5-1)33-23-25-36(26-24-33)51(44-22-12-20-39-38-19-10-11-21-43(38)52(48(39)44)35-17-8-3-9-18-35)37-27-28-45-40(29-37)41-30-42-47(31-46(41)53-45)54-49(50-42)34-15-6-2-7-16-34/h1-31H. The summed E-state index contributed by atoms with van der Waals surface area (Å²) in [6.45, 7) is 0. The molecule has 0 unspecified atom stereocenters. The summed E-state index contributed by atoms with van der Waals surface area (Å²) in [7, 11) is 0. The second-order valence-corrected chi connectivity index (χ2v) is 13.6. The molecule has 0 fully saturated rings. The molecule has 0 saturated heterocycles. The zero-order valence-electron chi connectivity index (χ0n) is 29.1. The molecule has 0 N–H and O–H groups in total. The average molecular weight is 694 g/mol. The van der Waals surface area contributed by atoms with E-state index >= 15 is 0 Å². The van der Waals surface area contributed by atoms with Gasteiger partial charge in [0.2, 0.25) is 5.89 Å². The summed E-state index contributed by atoms with van der Waals surface area (Å²) in [6.07, 6.45) is 0. The van der Waals surface area contributed by atoms with Gasteiger partial charge in [0.1, 0.15) is 16.7 Å². The summed E-state index contributed by atoms with van der Waals surface area (Å²) in [5, 5.41) is 4.40. The number of fused-ring (bicyclic) bond motifs is 7. The zero-order chi connectivity index (χ0) is 35.6. The maximum atomic E-state index is 6.46. The summed E-state index contributed by atoms with van der Waals surface area (Å²) >= 11 is 0. The molecular formula is C49H31N3O2. The van der Waals surface area contributed by atoms with Crippen LogP contribution in [0.5, 0.6) is 0 Å². The number of hydrogen-bond acceptors (Lipinski definition) is 4. The largest absolute Gasteiger partial charge is 0.456 e. The second-order valence-electron chi connectivity index (χ2n) is 13.6. The Morgan fingerprint density at radius 1 is 0.426 bits per heavy atom. The van der Waals surface area contributed by atoms with Crippen molar-refractivity contribution in [3.63, 3.8) is 0 Å². The van der Waals surface area contributed by atoms with Crippen LogP contribution >= 0.6 is 0 Å². The molecule has 0 aliphatic heterocycles. The van der Waals surface area contributed by atoms with Crippen molar-refractivity contribution in [1.29, 1.82) is 0 Å². The van der Waals surface area contributed by atoms with E-state index in [4.69, 9.17) is 13.8 Å². The fourth-order valence-corrected chi connectivity index (χ4v) is 7.92. The predicted molar refractivity (Wildman–Crippen MR) is 221 cm³/mol. The molecule has 11 aromatic rings. The molecule has 3 heterocycles. The molecule has 254 valence electrons. The number of oxazole rings is 1. The van der Waals surface area contributed by atoms with Gasteiger partial charge >= 0.3 is 0 Å². The molecule has 8 aromatic carbocycles. The molecule has 5 nitrogen and oxygen atoms in total. The molecule has 5 heteroatoms. The number of nitrogens with zero attached hydrogens (tertiary/aromatic N) is 3. The minimum absolute atomic E-state index is 0.593. The zero-order valence-corrected chi connectivity index (χ0v) is 29.1. The van der Waals surface area contributed by atoms with Crippen molar-refractivity contribution in [2.24, 2.45) is 0 Å². The molecule has 0 aliphatic carbocycles. The summed E-state index contributed by atoms with van der Waals surface area (Å²) in [5.74, 6) is 0.593. The Labute approximate surface area is 310 Å². The van der Waals surface area contributed by atoms with Gasteiger partial charge in [0.25, 0.3) is 0 Å². The molecular weight excluding hydrogens is 663 g/mol. The van der Waals surface area contributed by atoms with Gasteiger partial charge in [-0.3, -0.25) is 0 Å². The second kappa shape index (κ2) is 12.1. The van der Waals surface area contributed by atoms with Crippen LogP contribution in [0, 0.1) is 0 Å². The van der Waals surface area contributed by atoms with Crippen LogP contribution in [0.25, 0.3) is 83.1 Å². The van der Waals surface area contributed by atoms with Crippen LogP contribution in [0.2, 0.25) is 0 Å². The summed E-state index contributed by atoms with van der Waals surface area (Å²) in [5.41, 5.74) is 12.9.